The highest BCUT2D eigenvalue weighted by Crippen LogP contribution is 2.33. The second-order valence-electron chi connectivity index (χ2n) is 3.47. The average Bonchev–Trinajstić information content (AvgIpc) is 2.32. The summed E-state index contributed by atoms with van der Waals surface area (Å²) in [6.07, 6.45) is 0. The van der Waals surface area contributed by atoms with Crippen LogP contribution in [0.2, 0.25) is 0 Å². The second kappa shape index (κ2) is 4.55. The van der Waals surface area contributed by atoms with Crippen LogP contribution in [0.3, 0.4) is 0 Å². The third kappa shape index (κ3) is 2.45. The van der Waals surface area contributed by atoms with E-state index in [0.29, 0.717) is 11.1 Å². The summed E-state index contributed by atoms with van der Waals surface area (Å²) < 4.78 is 0.803. The number of benzene rings is 2. The number of phenolic OH excluding ortho intramolecular Hbond substituents is 1. The van der Waals surface area contributed by atoms with Crippen LogP contribution in [0.1, 0.15) is 0 Å². The van der Waals surface area contributed by atoms with Crippen LogP contribution in [-0.4, -0.2) is 10.0 Å². The zero-order valence-electron chi connectivity index (χ0n) is 8.63. The van der Waals surface area contributed by atoms with Crippen molar-refractivity contribution >= 4 is 21.6 Å². The monoisotopic (exact) mass is 293 g/mol. The summed E-state index contributed by atoms with van der Waals surface area (Å²) in [4.78, 5) is 10.2. The maximum absolute atomic E-state index is 10.7. The normalized spacial score (nSPS) is 10.2. The van der Waals surface area contributed by atoms with Gasteiger partial charge in [0.05, 0.1) is 4.92 Å². The minimum atomic E-state index is -0.460. The lowest BCUT2D eigenvalue weighted by Crippen LogP contribution is -1.88. The Balaban J connectivity index is 2.56. The Morgan fingerprint density at radius 1 is 1.18 bits per heavy atom. The van der Waals surface area contributed by atoms with Crippen molar-refractivity contribution in [1.29, 1.82) is 0 Å². The Labute approximate surface area is 106 Å². The third-order valence-electron chi connectivity index (χ3n) is 2.33. The van der Waals surface area contributed by atoms with E-state index in [4.69, 9.17) is 0 Å². The summed E-state index contributed by atoms with van der Waals surface area (Å²) in [7, 11) is 0. The molecule has 1 N–H and O–H groups in total. The van der Waals surface area contributed by atoms with Crippen LogP contribution < -0.4 is 0 Å². The van der Waals surface area contributed by atoms with Gasteiger partial charge in [0.2, 0.25) is 0 Å². The van der Waals surface area contributed by atoms with Gasteiger partial charge in [-0.3, -0.25) is 10.1 Å². The zero-order valence-corrected chi connectivity index (χ0v) is 10.2. The Bertz CT molecular complexity index is 584. The van der Waals surface area contributed by atoms with Gasteiger partial charge >= 0.3 is 0 Å². The molecule has 0 heterocycles. The number of rotatable bonds is 2. The molecule has 0 aliphatic heterocycles. The molecule has 0 radical (unpaired) electrons. The molecule has 17 heavy (non-hydrogen) atoms. The van der Waals surface area contributed by atoms with Crippen LogP contribution in [0.5, 0.6) is 5.75 Å². The predicted octanol–water partition coefficient (Wildman–Crippen LogP) is 3.73. The summed E-state index contributed by atoms with van der Waals surface area (Å²) in [6.45, 7) is 0. The van der Waals surface area contributed by atoms with Gasteiger partial charge in [-0.1, -0.05) is 28.1 Å². The second-order valence-corrected chi connectivity index (χ2v) is 4.38. The van der Waals surface area contributed by atoms with Crippen LogP contribution in [0.4, 0.5) is 5.69 Å². The number of hydrogen-bond donors (Lipinski definition) is 1. The van der Waals surface area contributed by atoms with E-state index in [2.05, 4.69) is 15.9 Å². The standard InChI is InChI=1S/C12H8BrNO3/c13-9-4-5-12(15)11(7-9)8-2-1-3-10(6-8)14(16)17/h1-7,15H. The molecule has 2 aromatic rings. The fourth-order valence-electron chi connectivity index (χ4n) is 1.53. The van der Waals surface area contributed by atoms with E-state index in [1.807, 2.05) is 0 Å². The first-order valence-corrected chi connectivity index (χ1v) is 5.60. The van der Waals surface area contributed by atoms with Crippen molar-refractivity contribution < 1.29 is 10.0 Å². The number of phenols is 1. The number of halogens is 1. The van der Waals surface area contributed by atoms with E-state index in [1.165, 1.54) is 18.2 Å². The molecule has 0 aromatic heterocycles. The van der Waals surface area contributed by atoms with Gasteiger partial charge in [0.25, 0.3) is 5.69 Å². The summed E-state index contributed by atoms with van der Waals surface area (Å²) in [5.41, 5.74) is 1.17. The van der Waals surface area contributed by atoms with Crippen LogP contribution in [0.25, 0.3) is 11.1 Å². The highest BCUT2D eigenvalue weighted by atomic mass is 79.9. The number of nitro benzene ring substituents is 1. The Morgan fingerprint density at radius 3 is 2.65 bits per heavy atom. The zero-order chi connectivity index (χ0) is 12.4. The van der Waals surface area contributed by atoms with E-state index >= 15 is 0 Å². The molecule has 0 atom stereocenters. The number of aromatic hydroxyl groups is 1. The smallest absolute Gasteiger partial charge is 0.270 e. The van der Waals surface area contributed by atoms with Crippen molar-refractivity contribution in [2.24, 2.45) is 0 Å². The fourth-order valence-corrected chi connectivity index (χ4v) is 1.89. The molecule has 0 aliphatic carbocycles. The molecule has 0 amide bonds. The summed E-state index contributed by atoms with van der Waals surface area (Å²) >= 11 is 3.30. The summed E-state index contributed by atoms with van der Waals surface area (Å²) in [6, 6.07) is 11.1. The van der Waals surface area contributed by atoms with Gasteiger partial charge in [0.1, 0.15) is 5.75 Å². The highest BCUT2D eigenvalue weighted by molar-refractivity contribution is 9.10. The van der Waals surface area contributed by atoms with Crippen molar-refractivity contribution in [3.63, 3.8) is 0 Å². The van der Waals surface area contributed by atoms with Crippen LogP contribution in [0, 0.1) is 10.1 Å². The topological polar surface area (TPSA) is 63.4 Å². The molecule has 0 bridgehead atoms. The van der Waals surface area contributed by atoms with Crippen LogP contribution in [-0.2, 0) is 0 Å². The van der Waals surface area contributed by atoms with E-state index in [1.54, 1.807) is 24.3 Å². The van der Waals surface area contributed by atoms with E-state index in [0.717, 1.165) is 4.47 Å². The molecular formula is C12H8BrNO3. The minimum absolute atomic E-state index is 0.00174. The number of nitrogens with zero attached hydrogens (tertiary/aromatic N) is 1. The minimum Gasteiger partial charge on any atom is -0.507 e. The first-order chi connectivity index (χ1) is 8.08. The SMILES string of the molecule is O=[N+]([O-])c1cccc(-c2cc(Br)ccc2O)c1. The van der Waals surface area contributed by atoms with Crippen molar-refractivity contribution in [3.8, 4) is 16.9 Å². The molecule has 0 saturated heterocycles. The molecule has 2 aromatic carbocycles. The van der Waals surface area contributed by atoms with Gasteiger partial charge in [-0.25, -0.2) is 0 Å². The lowest BCUT2D eigenvalue weighted by Gasteiger charge is -2.05. The van der Waals surface area contributed by atoms with Gasteiger partial charge < -0.3 is 5.11 Å². The number of nitro groups is 1. The summed E-state index contributed by atoms with van der Waals surface area (Å²) in [5, 5.41) is 20.4. The van der Waals surface area contributed by atoms with E-state index < -0.39 is 4.92 Å². The Kier molecular flexibility index (Phi) is 3.10. The molecule has 0 spiro atoms. The first-order valence-electron chi connectivity index (χ1n) is 4.81. The van der Waals surface area contributed by atoms with Gasteiger partial charge in [-0.05, 0) is 23.8 Å². The third-order valence-corrected chi connectivity index (χ3v) is 2.82. The van der Waals surface area contributed by atoms with Crippen LogP contribution in [0.15, 0.2) is 46.9 Å². The number of non-ortho nitro benzene ring substituents is 1. The molecule has 0 unspecified atom stereocenters. The molecule has 4 nitrogen and oxygen atoms in total. The van der Waals surface area contributed by atoms with Crippen molar-refractivity contribution in [2.45, 2.75) is 0 Å². The van der Waals surface area contributed by atoms with Crippen molar-refractivity contribution in [1.82, 2.24) is 0 Å². The molecular weight excluding hydrogens is 286 g/mol. The van der Waals surface area contributed by atoms with Gasteiger partial charge in [0, 0.05) is 22.2 Å². The lowest BCUT2D eigenvalue weighted by atomic mass is 10.0. The van der Waals surface area contributed by atoms with Crippen molar-refractivity contribution in [3.05, 3.63) is 57.1 Å². The molecule has 0 fully saturated rings. The highest BCUT2D eigenvalue weighted by Gasteiger charge is 2.10. The van der Waals surface area contributed by atoms with Crippen LogP contribution >= 0.6 is 15.9 Å². The molecule has 2 rings (SSSR count). The van der Waals surface area contributed by atoms with Gasteiger partial charge in [-0.15, -0.1) is 0 Å². The molecule has 5 heteroatoms. The predicted molar refractivity (Wildman–Crippen MR) is 67.9 cm³/mol. The quantitative estimate of drug-likeness (QED) is 0.678. The molecule has 0 saturated carbocycles. The van der Waals surface area contributed by atoms with Gasteiger partial charge in [-0.2, -0.15) is 0 Å². The number of hydrogen-bond acceptors (Lipinski definition) is 3. The van der Waals surface area contributed by atoms with E-state index in [9.17, 15) is 15.2 Å². The Morgan fingerprint density at radius 2 is 1.94 bits per heavy atom. The lowest BCUT2D eigenvalue weighted by molar-refractivity contribution is -0.384. The largest absolute Gasteiger partial charge is 0.507 e. The van der Waals surface area contributed by atoms with Crippen molar-refractivity contribution in [2.75, 3.05) is 0 Å². The van der Waals surface area contributed by atoms with E-state index in [-0.39, 0.29) is 11.4 Å². The van der Waals surface area contributed by atoms with Gasteiger partial charge in [0.15, 0.2) is 0 Å². The average molecular weight is 294 g/mol. The first kappa shape index (κ1) is 11.6. The fraction of sp³-hybridized carbons (Fsp3) is 0. The Hall–Kier alpha value is -1.88. The molecule has 0 aliphatic rings. The molecule has 86 valence electrons. The maximum atomic E-state index is 10.7. The summed E-state index contributed by atoms with van der Waals surface area (Å²) in [5.74, 6) is 0.0914. The maximum Gasteiger partial charge on any atom is 0.270 e.